The molecule has 1 saturated heterocycles. The fourth-order valence-corrected chi connectivity index (χ4v) is 2.76. The summed E-state index contributed by atoms with van der Waals surface area (Å²) in [5.41, 5.74) is 5.88. The highest BCUT2D eigenvalue weighted by atomic mass is 16.6. The summed E-state index contributed by atoms with van der Waals surface area (Å²) in [5, 5.41) is 19.9. The van der Waals surface area contributed by atoms with Crippen LogP contribution in [0.5, 0.6) is 0 Å². The summed E-state index contributed by atoms with van der Waals surface area (Å²) in [6.45, 7) is 0.286. The summed E-state index contributed by atoms with van der Waals surface area (Å²) < 4.78 is 8.40. The lowest BCUT2D eigenvalue weighted by molar-refractivity contribution is -0.0352. The molecule has 4 heterocycles. The molecule has 19 heavy (non-hydrogen) atoms. The lowest BCUT2D eigenvalue weighted by Gasteiger charge is -2.19. The first kappa shape index (κ1) is 10.9. The summed E-state index contributed by atoms with van der Waals surface area (Å²) in [4.78, 5) is 19.8. The van der Waals surface area contributed by atoms with Crippen molar-refractivity contribution in [1.82, 2.24) is 19.1 Å². The third kappa shape index (κ3) is 1.21. The molecule has 0 saturated carbocycles. The number of anilines is 1. The van der Waals surface area contributed by atoms with Crippen LogP contribution in [0.4, 0.5) is 5.82 Å². The number of rotatable bonds is 0. The molecule has 2 aliphatic heterocycles. The molecule has 9 heteroatoms. The fourth-order valence-electron chi connectivity index (χ4n) is 2.76. The molecule has 0 amide bonds. The first-order valence-electron chi connectivity index (χ1n) is 5.82. The van der Waals surface area contributed by atoms with E-state index < -0.39 is 30.2 Å². The summed E-state index contributed by atoms with van der Waals surface area (Å²) in [7, 11) is 0. The topological polar surface area (TPSA) is 128 Å². The molecule has 100 valence electrons. The Labute approximate surface area is 105 Å². The SMILES string of the molecule is Nc1nc(=O)n2c3c1ncn3C[C@H]1O[C@@H]2[C@H](O)[C@@H]1O. The second-order valence-electron chi connectivity index (χ2n) is 4.77. The van der Waals surface area contributed by atoms with E-state index in [1.54, 1.807) is 4.57 Å². The molecule has 9 nitrogen and oxygen atoms in total. The Morgan fingerprint density at radius 1 is 1.42 bits per heavy atom. The molecule has 0 aromatic carbocycles. The Kier molecular flexibility index (Phi) is 1.91. The highest BCUT2D eigenvalue weighted by Crippen LogP contribution is 2.34. The molecule has 0 radical (unpaired) electrons. The number of aromatic nitrogens is 4. The normalized spacial score (nSPS) is 32.7. The van der Waals surface area contributed by atoms with Gasteiger partial charge in [-0.3, -0.25) is 0 Å². The molecular formula is C10H11N5O4. The van der Waals surface area contributed by atoms with Crippen molar-refractivity contribution in [1.29, 1.82) is 0 Å². The van der Waals surface area contributed by atoms with Crippen LogP contribution in [0.3, 0.4) is 0 Å². The Bertz CT molecular complexity index is 737. The predicted molar refractivity (Wildman–Crippen MR) is 62.1 cm³/mol. The standard InChI is InChI=1S/C10H11N5O4/c11-7-4-8-14(2-12-4)1-3-5(16)6(17)9(19-3)15(8)10(18)13-7/h2-3,5-6,9,16-17H,1H2,(H2,11,13,18)/t3-,5-,6-,9-/m1/s1. The molecule has 2 bridgehead atoms. The van der Waals surface area contributed by atoms with Crippen molar-refractivity contribution < 1.29 is 14.9 Å². The van der Waals surface area contributed by atoms with Gasteiger partial charge in [-0.15, -0.1) is 0 Å². The summed E-state index contributed by atoms with van der Waals surface area (Å²) in [6, 6.07) is 0. The zero-order valence-corrected chi connectivity index (χ0v) is 9.67. The van der Waals surface area contributed by atoms with Gasteiger partial charge in [-0.2, -0.15) is 4.98 Å². The molecule has 0 aliphatic carbocycles. The van der Waals surface area contributed by atoms with Crippen molar-refractivity contribution in [3.63, 3.8) is 0 Å². The molecule has 1 fully saturated rings. The van der Waals surface area contributed by atoms with E-state index in [9.17, 15) is 15.0 Å². The van der Waals surface area contributed by atoms with Gasteiger partial charge in [0.15, 0.2) is 17.7 Å². The summed E-state index contributed by atoms with van der Waals surface area (Å²) in [6.07, 6.45) is -2.29. The Morgan fingerprint density at radius 3 is 3.00 bits per heavy atom. The quantitative estimate of drug-likeness (QED) is 0.493. The van der Waals surface area contributed by atoms with Crippen molar-refractivity contribution in [2.24, 2.45) is 0 Å². The number of nitrogens with two attached hydrogens (primary N) is 1. The number of nitrogen functional groups attached to an aromatic ring is 1. The monoisotopic (exact) mass is 265 g/mol. The van der Waals surface area contributed by atoms with Gasteiger partial charge < -0.3 is 25.3 Å². The molecule has 4 atom stereocenters. The number of aliphatic hydroxyl groups excluding tert-OH is 2. The summed E-state index contributed by atoms with van der Waals surface area (Å²) >= 11 is 0. The molecule has 0 spiro atoms. The minimum Gasteiger partial charge on any atom is -0.387 e. The van der Waals surface area contributed by atoms with Crippen molar-refractivity contribution in [3.8, 4) is 0 Å². The molecule has 2 aromatic rings. The van der Waals surface area contributed by atoms with Crippen LogP contribution in [0, 0.1) is 0 Å². The highest BCUT2D eigenvalue weighted by Gasteiger charge is 2.47. The van der Waals surface area contributed by atoms with Gasteiger partial charge >= 0.3 is 5.69 Å². The van der Waals surface area contributed by atoms with Gasteiger partial charge in [0.25, 0.3) is 0 Å². The van der Waals surface area contributed by atoms with Gasteiger partial charge in [0.2, 0.25) is 0 Å². The minimum atomic E-state index is -1.18. The van der Waals surface area contributed by atoms with Crippen LogP contribution in [0.1, 0.15) is 6.23 Å². The maximum atomic E-state index is 12.0. The number of hydrogen-bond donors (Lipinski definition) is 3. The van der Waals surface area contributed by atoms with Crippen LogP contribution < -0.4 is 11.4 Å². The molecule has 2 aliphatic rings. The van der Waals surface area contributed by atoms with Crippen LogP contribution >= 0.6 is 0 Å². The molecule has 0 unspecified atom stereocenters. The molecule has 2 aromatic heterocycles. The van der Waals surface area contributed by atoms with E-state index in [1.807, 2.05) is 0 Å². The largest absolute Gasteiger partial charge is 0.387 e. The molecular weight excluding hydrogens is 254 g/mol. The number of fused-ring (bicyclic) bond motifs is 3. The number of hydrogen-bond acceptors (Lipinski definition) is 7. The van der Waals surface area contributed by atoms with Gasteiger partial charge in [0.1, 0.15) is 23.8 Å². The predicted octanol–water partition coefficient (Wildman–Crippen LogP) is -2.19. The second kappa shape index (κ2) is 3.32. The second-order valence-corrected chi connectivity index (χ2v) is 4.77. The van der Waals surface area contributed by atoms with Gasteiger partial charge in [0, 0.05) is 0 Å². The Balaban J connectivity index is 2.11. The van der Waals surface area contributed by atoms with Crippen LogP contribution in [0.2, 0.25) is 0 Å². The zero-order valence-electron chi connectivity index (χ0n) is 9.67. The van der Waals surface area contributed by atoms with Crippen LogP contribution in [-0.4, -0.2) is 47.6 Å². The Hall–Kier alpha value is -1.97. The van der Waals surface area contributed by atoms with E-state index in [-0.39, 0.29) is 12.4 Å². The maximum absolute atomic E-state index is 12.0. The Morgan fingerprint density at radius 2 is 2.21 bits per heavy atom. The van der Waals surface area contributed by atoms with E-state index in [1.165, 1.54) is 10.9 Å². The average Bonchev–Trinajstić information content (AvgIpc) is 2.82. The lowest BCUT2D eigenvalue weighted by Crippen LogP contribution is -2.39. The average molecular weight is 265 g/mol. The van der Waals surface area contributed by atoms with Crippen molar-refractivity contribution in [2.75, 3.05) is 5.73 Å². The molecule has 4 N–H and O–H groups in total. The zero-order chi connectivity index (χ0) is 13.3. The van der Waals surface area contributed by atoms with Gasteiger partial charge in [-0.05, 0) is 0 Å². The van der Waals surface area contributed by atoms with Crippen LogP contribution in [0.15, 0.2) is 11.1 Å². The number of nitrogens with zero attached hydrogens (tertiary/aromatic N) is 4. The lowest BCUT2D eigenvalue weighted by atomic mass is 10.1. The maximum Gasteiger partial charge on any atom is 0.353 e. The van der Waals surface area contributed by atoms with Crippen molar-refractivity contribution >= 4 is 17.0 Å². The van der Waals surface area contributed by atoms with Gasteiger partial charge in [-0.1, -0.05) is 0 Å². The minimum absolute atomic E-state index is 0.0443. The van der Waals surface area contributed by atoms with Crippen molar-refractivity contribution in [3.05, 3.63) is 16.8 Å². The first-order valence-corrected chi connectivity index (χ1v) is 5.82. The van der Waals surface area contributed by atoms with Crippen LogP contribution in [0.25, 0.3) is 11.2 Å². The number of aliphatic hydroxyl groups is 2. The smallest absolute Gasteiger partial charge is 0.353 e. The number of ether oxygens (including phenoxy) is 1. The van der Waals surface area contributed by atoms with Crippen molar-refractivity contribution in [2.45, 2.75) is 31.1 Å². The van der Waals surface area contributed by atoms with Crippen LogP contribution in [-0.2, 0) is 11.3 Å². The summed E-state index contributed by atoms with van der Waals surface area (Å²) in [5.74, 6) is 0.0443. The van der Waals surface area contributed by atoms with Gasteiger partial charge in [0.05, 0.1) is 12.9 Å². The fraction of sp³-hybridized carbons (Fsp3) is 0.500. The van der Waals surface area contributed by atoms with E-state index in [4.69, 9.17) is 10.5 Å². The number of imidazole rings is 1. The van der Waals surface area contributed by atoms with E-state index in [2.05, 4.69) is 9.97 Å². The van der Waals surface area contributed by atoms with Gasteiger partial charge in [-0.25, -0.2) is 14.3 Å². The highest BCUT2D eigenvalue weighted by molar-refractivity contribution is 5.82. The molecule has 4 rings (SSSR count). The first-order chi connectivity index (χ1) is 9.08. The van der Waals surface area contributed by atoms with E-state index >= 15 is 0 Å². The van der Waals surface area contributed by atoms with E-state index in [0.717, 1.165) is 0 Å². The third-order valence-corrected chi connectivity index (χ3v) is 3.67. The third-order valence-electron chi connectivity index (χ3n) is 3.67. The van der Waals surface area contributed by atoms with E-state index in [0.29, 0.717) is 11.2 Å².